The van der Waals surface area contributed by atoms with Crippen LogP contribution in [0.2, 0.25) is 0 Å². The minimum atomic E-state index is 0.580. The molecule has 120 valence electrons. The van der Waals surface area contributed by atoms with Gasteiger partial charge in [-0.1, -0.05) is 27.2 Å². The molecule has 1 unspecified atom stereocenters. The van der Waals surface area contributed by atoms with Gasteiger partial charge in [0, 0.05) is 30.1 Å². The van der Waals surface area contributed by atoms with Gasteiger partial charge in [-0.15, -0.1) is 11.3 Å². The van der Waals surface area contributed by atoms with Gasteiger partial charge in [0.2, 0.25) is 0 Å². The van der Waals surface area contributed by atoms with Gasteiger partial charge in [0.05, 0.1) is 5.69 Å². The molecule has 0 amide bonds. The molecule has 0 aromatic carbocycles. The molecule has 1 aromatic rings. The topological polar surface area (TPSA) is 28.2 Å². The minimum absolute atomic E-state index is 0.580. The summed E-state index contributed by atoms with van der Waals surface area (Å²) in [5.41, 5.74) is 1.30. The number of rotatable bonds is 10. The highest BCUT2D eigenvalue weighted by atomic mass is 32.1. The van der Waals surface area contributed by atoms with Gasteiger partial charge < -0.3 is 10.2 Å². The smallest absolute Gasteiger partial charge is 0.186 e. The summed E-state index contributed by atoms with van der Waals surface area (Å²) in [5.74, 6) is 0. The van der Waals surface area contributed by atoms with E-state index in [9.17, 15) is 0 Å². The molecular weight excluding hydrogens is 278 g/mol. The van der Waals surface area contributed by atoms with Crippen LogP contribution in [-0.2, 0) is 13.0 Å². The summed E-state index contributed by atoms with van der Waals surface area (Å²) >= 11 is 1.91. The summed E-state index contributed by atoms with van der Waals surface area (Å²) in [6, 6.07) is 1.35. The third-order valence-corrected chi connectivity index (χ3v) is 5.49. The number of hydrogen-bond acceptors (Lipinski definition) is 4. The van der Waals surface area contributed by atoms with E-state index < -0.39 is 0 Å². The molecule has 4 heteroatoms. The minimum Gasteiger partial charge on any atom is -0.345 e. The lowest BCUT2D eigenvalue weighted by atomic mass is 10.2. The normalized spacial score (nSPS) is 16.2. The summed E-state index contributed by atoms with van der Waals surface area (Å²) in [4.78, 5) is 8.92. The molecule has 1 heterocycles. The van der Waals surface area contributed by atoms with Gasteiger partial charge in [-0.3, -0.25) is 0 Å². The summed E-state index contributed by atoms with van der Waals surface area (Å²) in [7, 11) is 0. The quantitative estimate of drug-likeness (QED) is 0.696. The maximum absolute atomic E-state index is 4.95. The van der Waals surface area contributed by atoms with Gasteiger partial charge in [-0.2, -0.15) is 0 Å². The lowest BCUT2D eigenvalue weighted by molar-refractivity contribution is 0.594. The van der Waals surface area contributed by atoms with E-state index in [-0.39, 0.29) is 0 Å². The van der Waals surface area contributed by atoms with E-state index in [0.717, 1.165) is 25.6 Å². The molecule has 1 saturated carbocycles. The van der Waals surface area contributed by atoms with Crippen LogP contribution in [0, 0.1) is 0 Å². The highest BCUT2D eigenvalue weighted by Gasteiger charge is 2.23. The van der Waals surface area contributed by atoms with Crippen LogP contribution in [0.3, 0.4) is 0 Å². The zero-order valence-corrected chi connectivity index (χ0v) is 14.9. The molecule has 1 N–H and O–H groups in total. The molecule has 2 rings (SSSR count). The summed E-state index contributed by atoms with van der Waals surface area (Å²) < 4.78 is 0. The van der Waals surface area contributed by atoms with Crippen LogP contribution in [0.1, 0.15) is 70.4 Å². The van der Waals surface area contributed by atoms with Crippen LogP contribution in [0.4, 0.5) is 5.13 Å². The van der Waals surface area contributed by atoms with Gasteiger partial charge in [0.25, 0.3) is 0 Å². The Hall–Kier alpha value is -0.610. The number of nitrogens with one attached hydrogen (secondary N) is 1. The molecule has 21 heavy (non-hydrogen) atoms. The number of aryl methyl sites for hydroxylation is 1. The van der Waals surface area contributed by atoms with Gasteiger partial charge in [-0.05, 0) is 39.0 Å². The highest BCUT2D eigenvalue weighted by Crippen LogP contribution is 2.30. The number of hydrogen-bond donors (Lipinski definition) is 1. The number of aromatic nitrogens is 1. The van der Waals surface area contributed by atoms with Crippen molar-refractivity contribution in [3.05, 3.63) is 10.6 Å². The van der Waals surface area contributed by atoms with Gasteiger partial charge >= 0.3 is 0 Å². The summed E-state index contributed by atoms with van der Waals surface area (Å²) in [6.45, 7) is 11.2. The first-order valence-corrected chi connectivity index (χ1v) is 9.49. The van der Waals surface area contributed by atoms with Crippen molar-refractivity contribution in [2.24, 2.45) is 0 Å². The van der Waals surface area contributed by atoms with Crippen LogP contribution in [-0.4, -0.2) is 23.6 Å². The van der Waals surface area contributed by atoms with Gasteiger partial charge in [-0.25, -0.2) is 4.98 Å². The summed E-state index contributed by atoms with van der Waals surface area (Å²) in [5, 5.41) is 4.88. The van der Waals surface area contributed by atoms with Crippen molar-refractivity contribution in [1.82, 2.24) is 10.3 Å². The average Bonchev–Trinajstić information content (AvgIpc) is 3.24. The first-order valence-electron chi connectivity index (χ1n) is 8.68. The second kappa shape index (κ2) is 8.14. The Kier molecular flexibility index (Phi) is 6.49. The molecule has 0 spiro atoms. The van der Waals surface area contributed by atoms with E-state index in [1.165, 1.54) is 47.8 Å². The first kappa shape index (κ1) is 16.8. The molecule has 1 fully saturated rings. The second-order valence-electron chi connectivity index (χ2n) is 6.18. The van der Waals surface area contributed by atoms with Gasteiger partial charge in [0.15, 0.2) is 5.13 Å². The zero-order valence-electron chi connectivity index (χ0n) is 14.1. The van der Waals surface area contributed by atoms with E-state index in [0.29, 0.717) is 6.04 Å². The fraction of sp³-hybridized carbons (Fsp3) is 0.824. The van der Waals surface area contributed by atoms with Crippen LogP contribution in [0.5, 0.6) is 0 Å². The van der Waals surface area contributed by atoms with Crippen LogP contribution >= 0.6 is 11.3 Å². The van der Waals surface area contributed by atoms with E-state index in [2.05, 4.69) is 37.9 Å². The number of nitrogens with zero attached hydrogens (tertiary/aromatic N) is 2. The van der Waals surface area contributed by atoms with Crippen LogP contribution in [0.25, 0.3) is 0 Å². The lowest BCUT2D eigenvalue weighted by Gasteiger charge is -2.28. The number of thiazole rings is 1. The highest BCUT2D eigenvalue weighted by molar-refractivity contribution is 7.15. The maximum atomic E-state index is 4.95. The van der Waals surface area contributed by atoms with E-state index in [1.54, 1.807) is 0 Å². The standard InChI is InChI=1S/C17H31N3S/c1-5-8-11-20(13(4)6-2)17-19-15(7-3)16(21-17)12-18-14-9-10-14/h13-14,18H,5-12H2,1-4H3. The van der Waals surface area contributed by atoms with Crippen molar-refractivity contribution < 1.29 is 0 Å². The lowest BCUT2D eigenvalue weighted by Crippen LogP contribution is -2.33. The predicted molar refractivity (Wildman–Crippen MR) is 93.4 cm³/mol. The molecule has 0 bridgehead atoms. The van der Waals surface area contributed by atoms with Crippen molar-refractivity contribution in [2.45, 2.75) is 84.8 Å². The molecule has 0 radical (unpaired) electrons. The molecule has 1 aromatic heterocycles. The third kappa shape index (κ3) is 4.68. The average molecular weight is 310 g/mol. The van der Waals surface area contributed by atoms with Gasteiger partial charge in [0.1, 0.15) is 0 Å². The SMILES string of the molecule is CCCCN(c1nc(CC)c(CNC2CC2)s1)C(C)CC. The van der Waals surface area contributed by atoms with Crippen molar-refractivity contribution in [2.75, 3.05) is 11.4 Å². The molecule has 1 aliphatic carbocycles. The second-order valence-corrected chi connectivity index (χ2v) is 7.24. The van der Waals surface area contributed by atoms with Crippen molar-refractivity contribution in [1.29, 1.82) is 0 Å². The fourth-order valence-corrected chi connectivity index (χ4v) is 3.71. The molecule has 0 aliphatic heterocycles. The largest absolute Gasteiger partial charge is 0.345 e. The van der Waals surface area contributed by atoms with Crippen LogP contribution < -0.4 is 10.2 Å². The maximum Gasteiger partial charge on any atom is 0.186 e. The molecule has 1 atom stereocenters. The predicted octanol–water partition coefficient (Wildman–Crippen LogP) is 4.36. The molecular formula is C17H31N3S. The Labute approximate surface area is 134 Å². The number of anilines is 1. The van der Waals surface area contributed by atoms with E-state index in [1.807, 2.05) is 11.3 Å². The Morgan fingerprint density at radius 3 is 2.67 bits per heavy atom. The van der Waals surface area contributed by atoms with E-state index >= 15 is 0 Å². The Morgan fingerprint density at radius 1 is 1.33 bits per heavy atom. The molecule has 3 nitrogen and oxygen atoms in total. The van der Waals surface area contributed by atoms with Crippen LogP contribution in [0.15, 0.2) is 0 Å². The first-order chi connectivity index (χ1) is 10.2. The molecule has 1 aliphatic rings. The van der Waals surface area contributed by atoms with Crippen molar-refractivity contribution in [3.63, 3.8) is 0 Å². The van der Waals surface area contributed by atoms with Crippen molar-refractivity contribution >= 4 is 16.5 Å². The Morgan fingerprint density at radius 2 is 2.10 bits per heavy atom. The Balaban J connectivity index is 2.10. The molecule has 0 saturated heterocycles. The Bertz CT molecular complexity index is 426. The van der Waals surface area contributed by atoms with Crippen molar-refractivity contribution in [3.8, 4) is 0 Å². The number of unbranched alkanes of at least 4 members (excludes halogenated alkanes) is 1. The zero-order chi connectivity index (χ0) is 15.2. The third-order valence-electron chi connectivity index (χ3n) is 4.35. The monoisotopic (exact) mass is 309 g/mol. The van der Waals surface area contributed by atoms with E-state index in [4.69, 9.17) is 4.98 Å². The summed E-state index contributed by atoms with van der Waals surface area (Å²) in [6.07, 6.45) is 7.42. The fourth-order valence-electron chi connectivity index (χ4n) is 2.48.